The second-order valence-electron chi connectivity index (χ2n) is 7.25. The molecule has 10 nitrogen and oxygen atoms in total. The highest BCUT2D eigenvalue weighted by Gasteiger charge is 2.48. The van der Waals surface area contributed by atoms with E-state index in [4.69, 9.17) is 20.7 Å². The Morgan fingerprint density at radius 3 is 2.55 bits per heavy atom. The third kappa shape index (κ3) is 8.07. The van der Waals surface area contributed by atoms with Crippen molar-refractivity contribution >= 4 is 11.9 Å². The van der Waals surface area contributed by atoms with Crippen LogP contribution in [0.1, 0.15) is 32.6 Å². The maximum atomic E-state index is 14.3. The molecule has 0 aliphatic carbocycles. The number of aliphatic carboxylic acids is 1. The number of amides is 1. The van der Waals surface area contributed by atoms with E-state index in [2.05, 4.69) is 10.6 Å². The van der Waals surface area contributed by atoms with Crippen LogP contribution in [0.4, 0.5) is 8.78 Å². The average molecular weight is 427 g/mol. The Balaban J connectivity index is 2.28. The zero-order valence-corrected chi connectivity index (χ0v) is 16.3. The molecule has 6 atom stereocenters. The van der Waals surface area contributed by atoms with Crippen LogP contribution in [-0.4, -0.2) is 94.4 Å². The van der Waals surface area contributed by atoms with E-state index in [0.29, 0.717) is 12.8 Å². The summed E-state index contributed by atoms with van der Waals surface area (Å²) in [5, 5.41) is 41.9. The van der Waals surface area contributed by atoms with Gasteiger partial charge in [-0.25, -0.2) is 8.78 Å². The number of hydrogen-bond donors (Lipinski definition) is 7. The minimum Gasteiger partial charge on any atom is -0.480 e. The van der Waals surface area contributed by atoms with Gasteiger partial charge in [-0.05, 0) is 26.3 Å². The Hall–Kier alpha value is -1.44. The Morgan fingerprint density at radius 1 is 1.31 bits per heavy atom. The van der Waals surface area contributed by atoms with Gasteiger partial charge in [0.2, 0.25) is 5.91 Å². The van der Waals surface area contributed by atoms with E-state index in [1.165, 1.54) is 6.92 Å². The van der Waals surface area contributed by atoms with Crippen LogP contribution in [0, 0.1) is 0 Å². The molecule has 12 heteroatoms. The van der Waals surface area contributed by atoms with Gasteiger partial charge in [0, 0.05) is 6.42 Å². The van der Waals surface area contributed by atoms with Crippen LogP contribution in [0.5, 0.6) is 0 Å². The summed E-state index contributed by atoms with van der Waals surface area (Å²) >= 11 is 0. The van der Waals surface area contributed by atoms with Crippen LogP contribution in [0.2, 0.25) is 0 Å². The number of unbranched alkanes of at least 4 members (excludes halogenated alkanes) is 1. The summed E-state index contributed by atoms with van der Waals surface area (Å²) < 4.78 is 33.5. The zero-order valence-electron chi connectivity index (χ0n) is 16.3. The Bertz CT molecular complexity index is 541. The summed E-state index contributed by atoms with van der Waals surface area (Å²) in [5.41, 5.74) is 5.67. The summed E-state index contributed by atoms with van der Waals surface area (Å²) in [6, 6.07) is -1.94. The first kappa shape index (κ1) is 25.6. The van der Waals surface area contributed by atoms with E-state index in [0.717, 1.165) is 0 Å². The average Bonchev–Trinajstić information content (AvgIpc) is 2.65. The largest absolute Gasteiger partial charge is 0.480 e. The second-order valence-corrected chi connectivity index (χ2v) is 7.25. The Kier molecular flexibility index (Phi) is 10.3. The fraction of sp³-hybridized carbons (Fsp3) is 0.882. The van der Waals surface area contributed by atoms with Crippen molar-refractivity contribution in [1.29, 1.82) is 0 Å². The summed E-state index contributed by atoms with van der Waals surface area (Å²) in [6.45, 7) is 0.130. The number of rotatable bonds is 12. The molecule has 1 saturated heterocycles. The molecular formula is C17H31F2N3O7. The van der Waals surface area contributed by atoms with Crippen LogP contribution in [0.3, 0.4) is 0 Å². The molecule has 8 N–H and O–H groups in total. The number of hydrogen-bond acceptors (Lipinski definition) is 8. The first-order valence-electron chi connectivity index (χ1n) is 9.49. The van der Waals surface area contributed by atoms with Gasteiger partial charge in [0.05, 0.1) is 25.3 Å². The number of carboxylic acid groups (broad SMARTS) is 1. The van der Waals surface area contributed by atoms with Crippen LogP contribution in [0.25, 0.3) is 0 Å². The number of carboxylic acids is 1. The van der Waals surface area contributed by atoms with Crippen LogP contribution in [-0.2, 0) is 14.3 Å². The van der Waals surface area contributed by atoms with E-state index in [1.54, 1.807) is 0 Å². The summed E-state index contributed by atoms with van der Waals surface area (Å²) in [5.74, 6) is -5.09. The summed E-state index contributed by atoms with van der Waals surface area (Å²) in [7, 11) is 0. The van der Waals surface area contributed by atoms with Crippen molar-refractivity contribution in [1.82, 2.24) is 10.6 Å². The van der Waals surface area contributed by atoms with Crippen LogP contribution < -0.4 is 16.4 Å². The van der Waals surface area contributed by atoms with Gasteiger partial charge in [0.1, 0.15) is 24.4 Å². The Morgan fingerprint density at radius 2 is 1.97 bits per heavy atom. The molecule has 0 saturated carbocycles. The Labute approximate surface area is 167 Å². The lowest BCUT2D eigenvalue weighted by Crippen LogP contribution is -2.56. The van der Waals surface area contributed by atoms with Crippen molar-refractivity contribution in [2.45, 2.75) is 75.0 Å². The first-order valence-corrected chi connectivity index (χ1v) is 9.49. The van der Waals surface area contributed by atoms with Gasteiger partial charge in [0.15, 0.2) is 0 Å². The quantitative estimate of drug-likeness (QED) is 0.177. The molecule has 29 heavy (non-hydrogen) atoms. The molecule has 1 amide bonds. The predicted octanol–water partition coefficient (Wildman–Crippen LogP) is -1.83. The maximum absolute atomic E-state index is 14.3. The number of ether oxygens (including phenoxy) is 1. The zero-order chi connectivity index (χ0) is 22.2. The van der Waals surface area contributed by atoms with Crippen molar-refractivity contribution in [2.75, 3.05) is 19.7 Å². The van der Waals surface area contributed by atoms with Crippen molar-refractivity contribution < 1.29 is 43.5 Å². The minimum atomic E-state index is -3.32. The van der Waals surface area contributed by atoms with Crippen molar-refractivity contribution in [2.24, 2.45) is 5.73 Å². The fourth-order valence-corrected chi connectivity index (χ4v) is 2.87. The molecule has 0 aromatic heterocycles. The summed E-state index contributed by atoms with van der Waals surface area (Å²) in [4.78, 5) is 22.4. The fourth-order valence-electron chi connectivity index (χ4n) is 2.87. The molecule has 5 unspecified atom stereocenters. The lowest BCUT2D eigenvalue weighted by atomic mass is 9.94. The molecule has 170 valence electrons. The predicted molar refractivity (Wildman–Crippen MR) is 97.3 cm³/mol. The van der Waals surface area contributed by atoms with Gasteiger partial charge in [-0.3, -0.25) is 9.59 Å². The van der Waals surface area contributed by atoms with Crippen molar-refractivity contribution in [3.63, 3.8) is 0 Å². The first-order chi connectivity index (χ1) is 13.5. The summed E-state index contributed by atoms with van der Waals surface area (Å²) in [6.07, 6.45) is -5.00. The minimum absolute atomic E-state index is 0.219. The van der Waals surface area contributed by atoms with Gasteiger partial charge in [-0.2, -0.15) is 0 Å². The molecular weight excluding hydrogens is 396 g/mol. The van der Waals surface area contributed by atoms with Gasteiger partial charge >= 0.3 is 5.97 Å². The van der Waals surface area contributed by atoms with Gasteiger partial charge in [-0.15, -0.1) is 0 Å². The highest BCUT2D eigenvalue weighted by Crippen LogP contribution is 2.31. The molecule has 0 aromatic carbocycles. The third-order valence-corrected chi connectivity index (χ3v) is 4.77. The molecule has 1 rings (SSSR count). The van der Waals surface area contributed by atoms with Crippen molar-refractivity contribution in [3.8, 4) is 0 Å². The number of nitrogens with two attached hydrogens (primary N) is 1. The highest BCUT2D eigenvalue weighted by atomic mass is 19.3. The smallest absolute Gasteiger partial charge is 0.325 e. The number of aliphatic hydroxyl groups is 3. The van der Waals surface area contributed by atoms with Gasteiger partial charge in [-0.1, -0.05) is 6.42 Å². The number of carbonyl (C=O) groups is 2. The second kappa shape index (κ2) is 11.7. The standard InChI is InChI=1S/C17H31F2N3O7/c1-9(16(27)28)22-15(26)10(20)4-2-3-5-21-8-17(18,19)13-6-11(24)14(25)12(7-23)29-13/h9-14,21,23-25H,2-8,20H2,1H3,(H,22,26)(H,27,28)/t9?,10-,11?,12?,13?,14?/m0/s1. The molecule has 0 aromatic rings. The third-order valence-electron chi connectivity index (χ3n) is 4.77. The van der Waals surface area contributed by atoms with E-state index < -0.39 is 73.9 Å². The van der Waals surface area contributed by atoms with E-state index in [-0.39, 0.29) is 13.0 Å². The lowest BCUT2D eigenvalue weighted by Gasteiger charge is -2.39. The highest BCUT2D eigenvalue weighted by molar-refractivity contribution is 5.86. The molecule has 0 bridgehead atoms. The molecule has 1 aliphatic heterocycles. The number of nitrogens with one attached hydrogen (secondary N) is 2. The molecule has 1 aliphatic rings. The van der Waals surface area contributed by atoms with Gasteiger partial charge in [0.25, 0.3) is 5.92 Å². The molecule has 1 fully saturated rings. The number of alkyl halides is 2. The van der Waals surface area contributed by atoms with E-state index in [9.17, 15) is 28.6 Å². The monoisotopic (exact) mass is 427 g/mol. The van der Waals surface area contributed by atoms with Crippen LogP contribution in [0.15, 0.2) is 0 Å². The van der Waals surface area contributed by atoms with Gasteiger partial charge < -0.3 is 41.5 Å². The number of aliphatic hydroxyl groups excluding tert-OH is 3. The topological polar surface area (TPSA) is 174 Å². The normalized spacial score (nSPS) is 27.3. The van der Waals surface area contributed by atoms with E-state index in [1.807, 2.05) is 0 Å². The SMILES string of the molecule is CC(NC(=O)[C@@H](N)CCCCNCC(F)(F)C1CC(O)C(O)C(CO)O1)C(=O)O. The van der Waals surface area contributed by atoms with Crippen molar-refractivity contribution in [3.05, 3.63) is 0 Å². The van der Waals surface area contributed by atoms with Crippen LogP contribution >= 0.6 is 0 Å². The molecule has 0 radical (unpaired) electrons. The maximum Gasteiger partial charge on any atom is 0.325 e. The van der Waals surface area contributed by atoms with E-state index >= 15 is 0 Å². The molecule has 1 heterocycles. The number of halogens is 2. The lowest BCUT2D eigenvalue weighted by molar-refractivity contribution is -0.237. The molecule has 0 spiro atoms. The number of carbonyl (C=O) groups excluding carboxylic acids is 1.